The van der Waals surface area contributed by atoms with E-state index < -0.39 is 5.60 Å². The Hall–Kier alpha value is -1.98. The van der Waals surface area contributed by atoms with Crippen LogP contribution in [0.5, 0.6) is 5.75 Å². The number of fused-ring (bicyclic) bond motifs is 1. The molecule has 0 bridgehead atoms. The summed E-state index contributed by atoms with van der Waals surface area (Å²) in [6, 6.07) is 3.72. The third kappa shape index (κ3) is 2.37. The van der Waals surface area contributed by atoms with Gasteiger partial charge >= 0.3 is 6.09 Å². The van der Waals surface area contributed by atoms with Gasteiger partial charge in [-0.25, -0.2) is 9.78 Å². The zero-order chi connectivity index (χ0) is 14.4. The van der Waals surface area contributed by atoms with E-state index in [1.165, 1.54) is 0 Å². The van der Waals surface area contributed by atoms with Crippen molar-refractivity contribution in [3.8, 4) is 5.75 Å². The summed E-state index contributed by atoms with van der Waals surface area (Å²) < 4.78 is 11.3. The van der Waals surface area contributed by atoms with Crippen LogP contribution in [0.15, 0.2) is 18.3 Å². The number of hydrogen-bond acceptors (Lipinski definition) is 5. The van der Waals surface area contributed by atoms with Crippen molar-refractivity contribution < 1.29 is 14.3 Å². The van der Waals surface area contributed by atoms with Crippen LogP contribution in [0.1, 0.15) is 20.8 Å². The van der Waals surface area contributed by atoms with E-state index in [9.17, 15) is 4.79 Å². The fourth-order valence-electron chi connectivity index (χ4n) is 2.40. The van der Waals surface area contributed by atoms with E-state index in [1.807, 2.05) is 32.9 Å². The summed E-state index contributed by atoms with van der Waals surface area (Å²) in [4.78, 5) is 17.8. The molecular weight excluding hydrogens is 258 g/mol. The van der Waals surface area contributed by atoms with Crippen LogP contribution >= 0.6 is 0 Å². The van der Waals surface area contributed by atoms with E-state index in [0.717, 1.165) is 11.6 Å². The predicted molar refractivity (Wildman–Crippen MR) is 73.9 cm³/mol. The third-order valence-electron chi connectivity index (χ3n) is 3.28. The first kappa shape index (κ1) is 13.0. The van der Waals surface area contributed by atoms with Gasteiger partial charge in [-0.15, -0.1) is 0 Å². The first-order chi connectivity index (χ1) is 9.37. The van der Waals surface area contributed by atoms with Crippen molar-refractivity contribution in [1.29, 1.82) is 0 Å². The Morgan fingerprint density at radius 1 is 1.50 bits per heavy atom. The maximum absolute atomic E-state index is 11.9. The van der Waals surface area contributed by atoms with Crippen LogP contribution < -0.4 is 10.1 Å². The number of nitrogens with zero attached hydrogens (tertiary/aromatic N) is 2. The normalized spacial score (nSPS) is 19.4. The molecule has 2 aliphatic heterocycles. The fourth-order valence-corrected chi connectivity index (χ4v) is 2.40. The van der Waals surface area contributed by atoms with E-state index >= 15 is 0 Å². The van der Waals surface area contributed by atoms with Crippen molar-refractivity contribution in [2.24, 2.45) is 0 Å². The van der Waals surface area contributed by atoms with Crippen LogP contribution in [0, 0.1) is 0 Å². The topological polar surface area (TPSA) is 63.7 Å². The minimum atomic E-state index is -0.470. The van der Waals surface area contributed by atoms with Crippen LogP contribution in [0.2, 0.25) is 0 Å². The van der Waals surface area contributed by atoms with Crippen molar-refractivity contribution in [3.05, 3.63) is 18.3 Å². The molecule has 108 valence electrons. The highest BCUT2D eigenvalue weighted by atomic mass is 16.6. The average molecular weight is 277 g/mol. The lowest BCUT2D eigenvalue weighted by molar-refractivity contribution is -0.0770. The number of likely N-dealkylation sites (tertiary alicyclic amines) is 1. The van der Waals surface area contributed by atoms with Gasteiger partial charge in [0.2, 0.25) is 0 Å². The van der Waals surface area contributed by atoms with E-state index in [1.54, 1.807) is 11.1 Å². The molecule has 3 rings (SSSR count). The molecule has 0 saturated carbocycles. The van der Waals surface area contributed by atoms with Gasteiger partial charge in [0.05, 0.1) is 19.6 Å². The zero-order valence-electron chi connectivity index (χ0n) is 12.0. The van der Waals surface area contributed by atoms with Gasteiger partial charge in [-0.3, -0.25) is 4.90 Å². The van der Waals surface area contributed by atoms with Crippen LogP contribution in [0.3, 0.4) is 0 Å². The zero-order valence-corrected chi connectivity index (χ0v) is 12.0. The molecule has 0 atom stereocenters. The van der Waals surface area contributed by atoms with Gasteiger partial charge in [-0.05, 0) is 32.9 Å². The van der Waals surface area contributed by atoms with Gasteiger partial charge < -0.3 is 14.8 Å². The van der Waals surface area contributed by atoms with E-state index in [-0.39, 0.29) is 11.7 Å². The molecule has 2 aliphatic rings. The first-order valence-corrected chi connectivity index (χ1v) is 6.73. The van der Waals surface area contributed by atoms with Gasteiger partial charge in [0.1, 0.15) is 5.60 Å². The number of amides is 1. The molecule has 0 aliphatic carbocycles. The van der Waals surface area contributed by atoms with Crippen molar-refractivity contribution >= 4 is 11.9 Å². The minimum Gasteiger partial charge on any atom is -0.478 e. The maximum atomic E-state index is 11.9. The molecular formula is C14H19N3O3. The number of pyridine rings is 1. The second-order valence-electron chi connectivity index (χ2n) is 6.33. The minimum absolute atomic E-state index is 0.288. The Balaban J connectivity index is 1.62. The second-order valence-corrected chi connectivity index (χ2v) is 6.33. The summed E-state index contributed by atoms with van der Waals surface area (Å²) >= 11 is 0. The van der Waals surface area contributed by atoms with Crippen LogP contribution in [-0.4, -0.2) is 46.8 Å². The van der Waals surface area contributed by atoms with Crippen LogP contribution in [0.4, 0.5) is 10.6 Å². The molecule has 0 radical (unpaired) electrons. The summed E-state index contributed by atoms with van der Waals surface area (Å²) in [6.07, 6.45) is 1.43. The largest absolute Gasteiger partial charge is 0.478 e. The van der Waals surface area contributed by atoms with E-state index in [4.69, 9.17) is 9.47 Å². The molecule has 1 spiro atoms. The van der Waals surface area contributed by atoms with Gasteiger partial charge in [-0.2, -0.15) is 0 Å². The Kier molecular flexibility index (Phi) is 2.77. The Morgan fingerprint density at radius 2 is 2.25 bits per heavy atom. The molecule has 1 amide bonds. The summed E-state index contributed by atoms with van der Waals surface area (Å²) in [5.41, 5.74) is -0.824. The van der Waals surface area contributed by atoms with Gasteiger partial charge in [0.25, 0.3) is 0 Å². The van der Waals surface area contributed by atoms with E-state index in [0.29, 0.717) is 19.6 Å². The number of rotatable bonds is 0. The SMILES string of the molecule is CC(C)(C)OC(=O)N1CC2(CNc3ncccc3O2)C1. The number of ether oxygens (including phenoxy) is 2. The lowest BCUT2D eigenvalue weighted by Gasteiger charge is -2.51. The molecule has 1 aromatic rings. The highest BCUT2D eigenvalue weighted by Crippen LogP contribution is 2.36. The lowest BCUT2D eigenvalue weighted by atomic mass is 9.93. The number of carbonyl (C=O) groups excluding carboxylic acids is 1. The molecule has 6 nitrogen and oxygen atoms in total. The first-order valence-electron chi connectivity index (χ1n) is 6.73. The summed E-state index contributed by atoms with van der Waals surface area (Å²) in [5, 5.41) is 3.25. The third-order valence-corrected chi connectivity index (χ3v) is 3.28. The van der Waals surface area contributed by atoms with Crippen LogP contribution in [-0.2, 0) is 4.74 Å². The molecule has 0 unspecified atom stereocenters. The van der Waals surface area contributed by atoms with Crippen molar-refractivity contribution in [1.82, 2.24) is 9.88 Å². The summed E-state index contributed by atoms with van der Waals surface area (Å²) in [5.74, 6) is 1.50. The maximum Gasteiger partial charge on any atom is 0.410 e. The second kappa shape index (κ2) is 4.26. The molecule has 1 N–H and O–H groups in total. The quantitative estimate of drug-likeness (QED) is 0.784. The summed E-state index contributed by atoms with van der Waals surface area (Å²) in [6.45, 7) is 7.30. The highest BCUT2D eigenvalue weighted by molar-refractivity contribution is 5.70. The molecule has 3 heterocycles. The monoisotopic (exact) mass is 277 g/mol. The molecule has 20 heavy (non-hydrogen) atoms. The molecule has 6 heteroatoms. The van der Waals surface area contributed by atoms with E-state index in [2.05, 4.69) is 10.3 Å². The number of aromatic nitrogens is 1. The lowest BCUT2D eigenvalue weighted by Crippen LogP contribution is -2.70. The number of carbonyl (C=O) groups is 1. The number of anilines is 1. The fraction of sp³-hybridized carbons (Fsp3) is 0.571. The van der Waals surface area contributed by atoms with Crippen molar-refractivity contribution in [3.63, 3.8) is 0 Å². The van der Waals surface area contributed by atoms with Crippen molar-refractivity contribution in [2.45, 2.75) is 32.0 Å². The summed E-state index contributed by atoms with van der Waals surface area (Å²) in [7, 11) is 0. The van der Waals surface area contributed by atoms with Crippen LogP contribution in [0.25, 0.3) is 0 Å². The highest BCUT2D eigenvalue weighted by Gasteiger charge is 2.50. The molecule has 0 aromatic carbocycles. The number of hydrogen-bond donors (Lipinski definition) is 1. The molecule has 1 saturated heterocycles. The standard InChI is InChI=1S/C14H19N3O3/c1-13(2,3)20-12(18)17-8-14(9-17)7-16-11-10(19-14)5-4-6-15-11/h4-6H,7-9H2,1-3H3,(H,15,16). The van der Waals surface area contributed by atoms with Gasteiger partial charge in [-0.1, -0.05) is 0 Å². The Morgan fingerprint density at radius 3 is 2.95 bits per heavy atom. The van der Waals surface area contributed by atoms with Crippen molar-refractivity contribution in [2.75, 3.05) is 25.0 Å². The average Bonchev–Trinajstić information content (AvgIpc) is 2.33. The molecule has 1 aromatic heterocycles. The van der Waals surface area contributed by atoms with Gasteiger partial charge in [0.15, 0.2) is 17.2 Å². The smallest absolute Gasteiger partial charge is 0.410 e. The Bertz CT molecular complexity index is 533. The Labute approximate surface area is 118 Å². The predicted octanol–water partition coefficient (Wildman–Crippen LogP) is 1.88. The number of nitrogens with one attached hydrogen (secondary N) is 1. The molecule has 1 fully saturated rings. The van der Waals surface area contributed by atoms with Gasteiger partial charge in [0, 0.05) is 6.20 Å².